The highest BCUT2D eigenvalue weighted by atomic mass is 35.5. The van der Waals surface area contributed by atoms with Gasteiger partial charge in [0.2, 0.25) is 11.8 Å². The molecule has 2 rings (SSSR count). The molecule has 0 radical (unpaired) electrons. The van der Waals surface area contributed by atoms with Gasteiger partial charge in [0.05, 0.1) is 29.7 Å². The normalized spacial score (nSPS) is 15.6. The third kappa shape index (κ3) is 5.13. The lowest BCUT2D eigenvalue weighted by molar-refractivity contribution is -0.151. The van der Waals surface area contributed by atoms with E-state index in [4.69, 9.17) is 37.8 Å². The molecule has 0 aliphatic carbocycles. The minimum Gasteiger partial charge on any atom is -0.481 e. The fourth-order valence-electron chi connectivity index (χ4n) is 1.69. The van der Waals surface area contributed by atoms with Crippen LogP contribution in [-0.2, 0) is 14.3 Å². The number of nitrogens with zero attached hydrogens (tertiary/aromatic N) is 1. The van der Waals surface area contributed by atoms with E-state index in [1.807, 2.05) is 6.92 Å². The zero-order chi connectivity index (χ0) is 17.0. The number of hydrogen-bond acceptors (Lipinski definition) is 6. The van der Waals surface area contributed by atoms with E-state index < -0.39 is 17.5 Å². The number of thioether (sulfide) groups is 1. The van der Waals surface area contributed by atoms with E-state index in [1.165, 1.54) is 6.07 Å². The first kappa shape index (κ1) is 18.1. The molecule has 7 nitrogen and oxygen atoms in total. The molecule has 126 valence electrons. The second-order valence-corrected chi connectivity index (χ2v) is 6.89. The molecule has 0 aromatic carbocycles. The Morgan fingerprint density at radius 3 is 2.70 bits per heavy atom. The molecule has 1 aliphatic heterocycles. The van der Waals surface area contributed by atoms with E-state index in [-0.39, 0.29) is 33.2 Å². The predicted molar refractivity (Wildman–Crippen MR) is 87.7 cm³/mol. The zero-order valence-corrected chi connectivity index (χ0v) is 14.4. The van der Waals surface area contributed by atoms with Crippen LogP contribution in [-0.4, -0.2) is 52.3 Å². The second kappa shape index (κ2) is 7.57. The number of rotatable bonds is 7. The van der Waals surface area contributed by atoms with Crippen molar-refractivity contribution in [1.29, 1.82) is 0 Å². The van der Waals surface area contributed by atoms with Crippen molar-refractivity contribution in [1.82, 2.24) is 4.98 Å². The van der Waals surface area contributed by atoms with Crippen LogP contribution in [0.4, 0.5) is 5.82 Å². The third-order valence-electron chi connectivity index (χ3n) is 2.77. The zero-order valence-electron chi connectivity index (χ0n) is 12.1. The Kier molecular flexibility index (Phi) is 5.96. The van der Waals surface area contributed by atoms with Crippen molar-refractivity contribution in [3.05, 3.63) is 16.1 Å². The fraction of sp³-hybridized carbons (Fsp3) is 0.462. The maximum atomic E-state index is 11.8. The molecule has 1 aliphatic rings. The van der Waals surface area contributed by atoms with Gasteiger partial charge in [-0.15, -0.1) is 11.8 Å². The summed E-state index contributed by atoms with van der Waals surface area (Å²) in [6, 6.07) is 1.42. The number of aromatic nitrogens is 1. The van der Waals surface area contributed by atoms with Crippen LogP contribution in [0.15, 0.2) is 6.07 Å². The molecule has 0 bridgehead atoms. The number of halogens is 2. The average Bonchev–Trinajstić information content (AvgIpc) is 2.42. The van der Waals surface area contributed by atoms with Gasteiger partial charge in [-0.1, -0.05) is 23.2 Å². The molecular weight excluding hydrogens is 367 g/mol. The van der Waals surface area contributed by atoms with E-state index in [1.54, 1.807) is 0 Å². The first-order chi connectivity index (χ1) is 10.8. The van der Waals surface area contributed by atoms with Crippen LogP contribution in [0.3, 0.4) is 0 Å². The lowest BCUT2D eigenvalue weighted by Crippen LogP contribution is -2.51. The number of aliphatic carboxylic acids is 1. The van der Waals surface area contributed by atoms with Gasteiger partial charge in [0, 0.05) is 0 Å². The van der Waals surface area contributed by atoms with Crippen molar-refractivity contribution in [3.8, 4) is 5.88 Å². The Labute approximate surface area is 146 Å². The Morgan fingerprint density at radius 2 is 2.13 bits per heavy atom. The third-order valence-corrected chi connectivity index (χ3v) is 4.25. The molecule has 0 atom stereocenters. The van der Waals surface area contributed by atoms with Gasteiger partial charge >= 0.3 is 5.97 Å². The van der Waals surface area contributed by atoms with Crippen molar-refractivity contribution in [2.45, 2.75) is 12.5 Å². The van der Waals surface area contributed by atoms with Crippen molar-refractivity contribution in [2.75, 3.05) is 30.0 Å². The lowest BCUT2D eigenvalue weighted by Gasteiger charge is -2.37. The standard InChI is InChI=1S/C13H14Cl2N2O5S/c1-13(5-21-6-13)22-12-8(15)2-7(14)11(17-12)16-9(18)3-23-4-10(19)20/h2H,3-6H2,1H3,(H,19,20)(H,16,17,18). The Balaban J connectivity index is 2.03. The van der Waals surface area contributed by atoms with E-state index >= 15 is 0 Å². The van der Waals surface area contributed by atoms with Gasteiger partial charge in [0.15, 0.2) is 11.4 Å². The molecule has 2 N–H and O–H groups in total. The summed E-state index contributed by atoms with van der Waals surface area (Å²) in [6.07, 6.45) is 0. The van der Waals surface area contributed by atoms with E-state index in [2.05, 4.69) is 10.3 Å². The topological polar surface area (TPSA) is 97.8 Å². The first-order valence-electron chi connectivity index (χ1n) is 6.51. The molecule has 0 saturated carbocycles. The second-order valence-electron chi connectivity index (χ2n) is 5.09. The van der Waals surface area contributed by atoms with Crippen LogP contribution in [0.5, 0.6) is 5.88 Å². The summed E-state index contributed by atoms with van der Waals surface area (Å²) in [5.74, 6) is -1.35. The van der Waals surface area contributed by atoms with Crippen LogP contribution < -0.4 is 10.1 Å². The minimum atomic E-state index is -0.989. The maximum Gasteiger partial charge on any atom is 0.313 e. The lowest BCUT2D eigenvalue weighted by atomic mass is 10.1. The van der Waals surface area contributed by atoms with Gasteiger partial charge < -0.3 is 19.9 Å². The van der Waals surface area contributed by atoms with Crippen LogP contribution in [0.25, 0.3) is 0 Å². The largest absolute Gasteiger partial charge is 0.481 e. The van der Waals surface area contributed by atoms with Crippen LogP contribution in [0, 0.1) is 0 Å². The maximum absolute atomic E-state index is 11.8. The number of carbonyl (C=O) groups is 2. The van der Waals surface area contributed by atoms with Gasteiger partial charge in [0.25, 0.3) is 0 Å². The number of carbonyl (C=O) groups excluding carboxylic acids is 1. The van der Waals surface area contributed by atoms with Crippen molar-refractivity contribution in [2.24, 2.45) is 0 Å². The Morgan fingerprint density at radius 1 is 1.43 bits per heavy atom. The molecule has 10 heteroatoms. The van der Waals surface area contributed by atoms with E-state index in [0.29, 0.717) is 13.2 Å². The Hall–Kier alpha value is -1.22. The molecule has 1 saturated heterocycles. The molecular formula is C13H14Cl2N2O5S. The summed E-state index contributed by atoms with van der Waals surface area (Å²) in [7, 11) is 0. The first-order valence-corrected chi connectivity index (χ1v) is 8.42. The number of ether oxygens (including phenoxy) is 2. The van der Waals surface area contributed by atoms with Gasteiger partial charge in [-0.05, 0) is 13.0 Å². The summed E-state index contributed by atoms with van der Waals surface area (Å²) >= 11 is 13.0. The highest BCUT2D eigenvalue weighted by molar-refractivity contribution is 8.00. The predicted octanol–water partition coefficient (Wildman–Crippen LogP) is 2.31. The number of amides is 1. The Bertz CT molecular complexity index is 625. The number of hydrogen-bond donors (Lipinski definition) is 2. The number of pyridine rings is 1. The highest BCUT2D eigenvalue weighted by Gasteiger charge is 2.37. The molecule has 1 fully saturated rings. The van der Waals surface area contributed by atoms with Crippen LogP contribution in [0.1, 0.15) is 6.92 Å². The quantitative estimate of drug-likeness (QED) is 0.748. The smallest absolute Gasteiger partial charge is 0.313 e. The van der Waals surface area contributed by atoms with Gasteiger partial charge in [-0.25, -0.2) is 0 Å². The SMILES string of the molecule is CC1(Oc2nc(NC(=O)CSCC(=O)O)c(Cl)cc2Cl)COC1. The fourth-order valence-corrected chi connectivity index (χ4v) is 2.67. The van der Waals surface area contributed by atoms with Crippen LogP contribution in [0.2, 0.25) is 10.0 Å². The molecule has 1 amide bonds. The van der Waals surface area contributed by atoms with Crippen molar-refractivity contribution in [3.63, 3.8) is 0 Å². The molecule has 1 aromatic rings. The van der Waals surface area contributed by atoms with E-state index in [0.717, 1.165) is 11.8 Å². The molecule has 1 aromatic heterocycles. The van der Waals surface area contributed by atoms with Crippen LogP contribution >= 0.6 is 35.0 Å². The van der Waals surface area contributed by atoms with Crippen molar-refractivity contribution >= 4 is 52.7 Å². The summed E-state index contributed by atoms with van der Waals surface area (Å²) < 4.78 is 10.8. The van der Waals surface area contributed by atoms with Gasteiger partial charge in [0.1, 0.15) is 5.02 Å². The summed E-state index contributed by atoms with van der Waals surface area (Å²) in [6.45, 7) is 2.69. The summed E-state index contributed by atoms with van der Waals surface area (Å²) in [4.78, 5) is 26.3. The van der Waals surface area contributed by atoms with Crippen molar-refractivity contribution < 1.29 is 24.2 Å². The highest BCUT2D eigenvalue weighted by Crippen LogP contribution is 2.34. The monoisotopic (exact) mass is 380 g/mol. The minimum absolute atomic E-state index is 0.0331. The molecule has 2 heterocycles. The van der Waals surface area contributed by atoms with Gasteiger partial charge in [-0.3, -0.25) is 9.59 Å². The number of anilines is 1. The summed E-state index contributed by atoms with van der Waals surface area (Å²) in [5.41, 5.74) is -0.511. The molecule has 23 heavy (non-hydrogen) atoms. The molecule has 0 unspecified atom stereocenters. The average molecular weight is 381 g/mol. The molecule has 0 spiro atoms. The summed E-state index contributed by atoms with van der Waals surface area (Å²) in [5, 5.41) is 11.4. The number of carboxylic acids is 1. The number of carboxylic acid groups (broad SMARTS) is 1. The van der Waals surface area contributed by atoms with E-state index in [9.17, 15) is 9.59 Å². The number of nitrogens with one attached hydrogen (secondary N) is 1. The van der Waals surface area contributed by atoms with Gasteiger partial charge in [-0.2, -0.15) is 4.98 Å².